The second-order valence-corrected chi connectivity index (χ2v) is 5.95. The summed E-state index contributed by atoms with van der Waals surface area (Å²) in [6, 6.07) is 7.26. The van der Waals surface area contributed by atoms with Crippen molar-refractivity contribution in [1.82, 2.24) is 10.3 Å². The largest absolute Gasteiger partial charge is 0.357 e. The summed E-state index contributed by atoms with van der Waals surface area (Å²) in [5.41, 5.74) is 5.59. The van der Waals surface area contributed by atoms with Crippen LogP contribution in [0.3, 0.4) is 0 Å². The highest BCUT2D eigenvalue weighted by Crippen LogP contribution is 2.33. The third kappa shape index (κ3) is 2.65. The van der Waals surface area contributed by atoms with Crippen molar-refractivity contribution in [3.8, 4) is 0 Å². The van der Waals surface area contributed by atoms with Gasteiger partial charge in [-0.05, 0) is 49.4 Å². The molecule has 0 fully saturated rings. The van der Waals surface area contributed by atoms with Crippen LogP contribution in [0.5, 0.6) is 0 Å². The van der Waals surface area contributed by atoms with Gasteiger partial charge in [-0.25, -0.2) is 0 Å². The Morgan fingerprint density at radius 2 is 2.11 bits per heavy atom. The number of aryl methyl sites for hydroxylation is 1. The number of rotatable bonds is 2. The van der Waals surface area contributed by atoms with Crippen LogP contribution in [0.15, 0.2) is 18.2 Å². The van der Waals surface area contributed by atoms with Gasteiger partial charge in [0.25, 0.3) is 0 Å². The van der Waals surface area contributed by atoms with E-state index in [1.54, 1.807) is 0 Å². The van der Waals surface area contributed by atoms with Gasteiger partial charge in [-0.15, -0.1) is 12.4 Å². The lowest BCUT2D eigenvalue weighted by Gasteiger charge is -2.25. The predicted molar refractivity (Wildman–Crippen MR) is 84.2 cm³/mol. The molecule has 0 amide bonds. The molecule has 0 radical (unpaired) electrons. The molecule has 1 aromatic carbocycles. The zero-order valence-electron chi connectivity index (χ0n) is 11.9. The van der Waals surface area contributed by atoms with Crippen molar-refractivity contribution in [3.63, 3.8) is 0 Å². The number of halogens is 1. The first kappa shape index (κ1) is 14.4. The van der Waals surface area contributed by atoms with Crippen LogP contribution in [0.25, 0.3) is 10.9 Å². The first-order chi connectivity index (χ1) is 8.65. The first-order valence-electron chi connectivity index (χ1n) is 6.99. The maximum absolute atomic E-state index is 3.65. The van der Waals surface area contributed by atoms with Crippen molar-refractivity contribution in [2.45, 2.75) is 39.7 Å². The van der Waals surface area contributed by atoms with Gasteiger partial charge >= 0.3 is 0 Å². The highest BCUT2D eigenvalue weighted by molar-refractivity contribution is 5.86. The van der Waals surface area contributed by atoms with Crippen molar-refractivity contribution < 1.29 is 0 Å². The molecule has 1 aromatic heterocycles. The molecule has 1 aliphatic rings. The number of H-pyrrole nitrogens is 1. The van der Waals surface area contributed by atoms with Crippen LogP contribution >= 0.6 is 12.4 Å². The first-order valence-corrected chi connectivity index (χ1v) is 6.99. The number of benzene rings is 1. The lowest BCUT2D eigenvalue weighted by atomic mass is 9.93. The second kappa shape index (κ2) is 5.56. The van der Waals surface area contributed by atoms with E-state index in [4.69, 9.17) is 0 Å². The molecule has 1 atom stereocenters. The molecule has 2 N–H and O–H groups in total. The molecule has 0 aliphatic carbocycles. The fourth-order valence-corrected chi connectivity index (χ4v) is 3.10. The monoisotopic (exact) mass is 278 g/mol. The highest BCUT2D eigenvalue weighted by atomic mass is 35.5. The molecule has 2 nitrogen and oxygen atoms in total. The average Bonchev–Trinajstić information content (AvgIpc) is 2.67. The van der Waals surface area contributed by atoms with E-state index in [1.165, 1.54) is 34.1 Å². The Morgan fingerprint density at radius 1 is 1.32 bits per heavy atom. The van der Waals surface area contributed by atoms with Gasteiger partial charge in [-0.2, -0.15) is 0 Å². The van der Waals surface area contributed by atoms with E-state index in [9.17, 15) is 0 Å². The molecule has 1 aliphatic heterocycles. The van der Waals surface area contributed by atoms with Gasteiger partial charge in [-0.1, -0.05) is 26.0 Å². The van der Waals surface area contributed by atoms with Gasteiger partial charge < -0.3 is 10.3 Å². The second-order valence-electron chi connectivity index (χ2n) is 5.95. The van der Waals surface area contributed by atoms with Crippen molar-refractivity contribution in [3.05, 3.63) is 35.0 Å². The van der Waals surface area contributed by atoms with Crippen LogP contribution in [0.1, 0.15) is 43.1 Å². The molecule has 3 rings (SSSR count). The lowest BCUT2D eigenvalue weighted by Crippen LogP contribution is -2.30. The van der Waals surface area contributed by atoms with Crippen LogP contribution in [-0.2, 0) is 6.42 Å². The summed E-state index contributed by atoms with van der Waals surface area (Å²) in [4.78, 5) is 3.65. The van der Waals surface area contributed by atoms with E-state index in [0.717, 1.165) is 18.9 Å². The quantitative estimate of drug-likeness (QED) is 0.849. The molecule has 0 bridgehead atoms. The van der Waals surface area contributed by atoms with Gasteiger partial charge in [0.1, 0.15) is 0 Å². The average molecular weight is 279 g/mol. The maximum Gasteiger partial charge on any atom is 0.0478 e. The molecular weight excluding hydrogens is 256 g/mol. The van der Waals surface area contributed by atoms with E-state index in [1.807, 2.05) is 0 Å². The normalized spacial score (nSPS) is 18.4. The smallest absolute Gasteiger partial charge is 0.0478 e. The van der Waals surface area contributed by atoms with E-state index in [0.29, 0.717) is 6.04 Å². The Balaban J connectivity index is 0.00000133. The third-order valence-corrected chi connectivity index (χ3v) is 3.92. The Bertz CT molecular complexity index is 571. The zero-order chi connectivity index (χ0) is 12.7. The minimum atomic E-state index is 0. The van der Waals surface area contributed by atoms with Gasteiger partial charge in [-0.3, -0.25) is 0 Å². The van der Waals surface area contributed by atoms with Crippen molar-refractivity contribution in [2.24, 2.45) is 5.92 Å². The topological polar surface area (TPSA) is 27.8 Å². The van der Waals surface area contributed by atoms with Crippen LogP contribution < -0.4 is 5.32 Å². The number of hydrogen-bond acceptors (Lipinski definition) is 1. The summed E-state index contributed by atoms with van der Waals surface area (Å²) in [5.74, 6) is 0.724. The summed E-state index contributed by atoms with van der Waals surface area (Å²) < 4.78 is 0. The molecule has 2 aromatic rings. The molecule has 104 valence electrons. The zero-order valence-corrected chi connectivity index (χ0v) is 12.7. The number of aromatic amines is 1. The number of fused-ring (bicyclic) bond motifs is 3. The summed E-state index contributed by atoms with van der Waals surface area (Å²) in [5, 5.41) is 5.07. The summed E-state index contributed by atoms with van der Waals surface area (Å²) in [6.07, 6.45) is 2.35. The van der Waals surface area contributed by atoms with Crippen LogP contribution in [-0.4, -0.2) is 11.5 Å². The minimum absolute atomic E-state index is 0. The number of hydrogen-bond donors (Lipinski definition) is 2. The van der Waals surface area contributed by atoms with Crippen LogP contribution in [0.4, 0.5) is 0 Å². The lowest BCUT2D eigenvalue weighted by molar-refractivity contribution is 0.409. The molecule has 0 saturated heterocycles. The minimum Gasteiger partial charge on any atom is -0.357 e. The van der Waals surface area contributed by atoms with E-state index in [-0.39, 0.29) is 12.4 Å². The summed E-state index contributed by atoms with van der Waals surface area (Å²) in [6.45, 7) is 7.85. The fourth-order valence-electron chi connectivity index (χ4n) is 3.10. The third-order valence-electron chi connectivity index (χ3n) is 3.92. The van der Waals surface area contributed by atoms with E-state index >= 15 is 0 Å². The fraction of sp³-hybridized carbons (Fsp3) is 0.500. The number of nitrogens with one attached hydrogen (secondary N) is 2. The Morgan fingerprint density at radius 3 is 2.84 bits per heavy atom. The van der Waals surface area contributed by atoms with Gasteiger partial charge in [0.2, 0.25) is 0 Å². The molecule has 1 unspecified atom stereocenters. The highest BCUT2D eigenvalue weighted by Gasteiger charge is 2.24. The van der Waals surface area contributed by atoms with Crippen molar-refractivity contribution >= 4 is 23.3 Å². The maximum atomic E-state index is 3.65. The SMILES string of the molecule is Cc1ccc2c3c([nH]c2c1)C(CC(C)C)NCC3.Cl. The van der Waals surface area contributed by atoms with Gasteiger partial charge in [0.15, 0.2) is 0 Å². The van der Waals surface area contributed by atoms with Gasteiger partial charge in [0.05, 0.1) is 0 Å². The Labute approximate surface area is 121 Å². The van der Waals surface area contributed by atoms with Crippen LogP contribution in [0.2, 0.25) is 0 Å². The molecular formula is C16H23ClN2. The number of aromatic nitrogens is 1. The van der Waals surface area contributed by atoms with E-state index < -0.39 is 0 Å². The molecule has 0 spiro atoms. The molecule has 19 heavy (non-hydrogen) atoms. The van der Waals surface area contributed by atoms with Crippen LogP contribution in [0, 0.1) is 12.8 Å². The Hall–Kier alpha value is -0.990. The predicted octanol–water partition coefficient (Wildman–Crippen LogP) is 4.13. The standard InChI is InChI=1S/C16H22N2.ClH/c1-10(2)8-15-16-13(6-7-17-15)12-5-4-11(3)9-14(12)18-16;/h4-5,9-10,15,17-18H,6-8H2,1-3H3;1H. The summed E-state index contributed by atoms with van der Waals surface area (Å²) in [7, 11) is 0. The van der Waals surface area contributed by atoms with Crippen molar-refractivity contribution in [2.75, 3.05) is 6.54 Å². The van der Waals surface area contributed by atoms with Gasteiger partial charge in [0, 0.05) is 22.6 Å². The summed E-state index contributed by atoms with van der Waals surface area (Å²) >= 11 is 0. The Kier molecular flexibility index (Phi) is 4.22. The molecule has 2 heterocycles. The molecule has 0 saturated carbocycles. The van der Waals surface area contributed by atoms with Crippen molar-refractivity contribution in [1.29, 1.82) is 0 Å². The van der Waals surface area contributed by atoms with E-state index in [2.05, 4.69) is 49.3 Å². The molecule has 3 heteroatoms.